The largest absolute Gasteiger partial charge is 0.419 e. The third-order valence-corrected chi connectivity index (χ3v) is 7.11. The van der Waals surface area contributed by atoms with Crippen molar-refractivity contribution in [2.75, 3.05) is 0 Å². The second-order valence-corrected chi connectivity index (χ2v) is 11.3. The molecule has 6 nitrogen and oxygen atoms in total. The van der Waals surface area contributed by atoms with Crippen LogP contribution in [0.5, 0.6) is 0 Å². The van der Waals surface area contributed by atoms with Crippen LogP contribution in [0.25, 0.3) is 0 Å². The van der Waals surface area contributed by atoms with Crippen LogP contribution < -0.4 is 0 Å². The molecule has 0 aromatic heterocycles. The van der Waals surface area contributed by atoms with Gasteiger partial charge in [-0.1, -0.05) is 104 Å². The van der Waals surface area contributed by atoms with E-state index in [0.29, 0.717) is 0 Å². The molecule has 9 heteroatoms. The van der Waals surface area contributed by atoms with Crippen LogP contribution in [0.4, 0.5) is 0 Å². The number of Topliss-reactive ketones (excluding diaryl/α,β-unsaturated/α-hetero) is 2. The Balaban J connectivity index is 1.81. The molecule has 4 rings (SSSR count). The summed E-state index contributed by atoms with van der Waals surface area (Å²) in [5, 5.41) is 0. The third-order valence-electron chi connectivity index (χ3n) is 6.59. The zero-order chi connectivity index (χ0) is 24.3. The highest BCUT2D eigenvalue weighted by Crippen LogP contribution is 2.36. The van der Waals surface area contributed by atoms with Gasteiger partial charge in [0.05, 0.1) is 6.04 Å². The first-order valence-corrected chi connectivity index (χ1v) is 13.0. The molecule has 3 fully saturated rings. The standard InChI is InChI=1S/C25H27Cl3N2O4/c26-25(27,28)22(32)19(20(31)16-10-4-1-5-11-16)21-23(33)30(18-14-8-3-9-15-18)24(34-21)29-17-12-6-2-7-13-17/h1,4-5,10-11,17-18H,2-3,6-9,12-15H2. The van der Waals surface area contributed by atoms with Gasteiger partial charge in [-0.3, -0.25) is 19.3 Å². The minimum Gasteiger partial charge on any atom is -0.419 e. The molecule has 0 radical (unpaired) electrons. The van der Waals surface area contributed by atoms with Gasteiger partial charge in [-0.15, -0.1) is 0 Å². The van der Waals surface area contributed by atoms with E-state index in [1.807, 2.05) is 0 Å². The van der Waals surface area contributed by atoms with Crippen LogP contribution in [0.15, 0.2) is 46.7 Å². The maximum atomic E-state index is 13.7. The summed E-state index contributed by atoms with van der Waals surface area (Å²) in [5.74, 6) is -2.83. The highest BCUT2D eigenvalue weighted by molar-refractivity contribution is 6.78. The summed E-state index contributed by atoms with van der Waals surface area (Å²) in [5.41, 5.74) is -0.378. The molecule has 0 N–H and O–H groups in total. The number of rotatable bonds is 5. The summed E-state index contributed by atoms with van der Waals surface area (Å²) >= 11 is 17.7. The predicted octanol–water partition coefficient (Wildman–Crippen LogP) is 5.94. The molecular formula is C25H27Cl3N2O4. The summed E-state index contributed by atoms with van der Waals surface area (Å²) in [4.78, 5) is 46.5. The van der Waals surface area contributed by atoms with Gasteiger partial charge in [0.15, 0.2) is 0 Å². The van der Waals surface area contributed by atoms with Crippen molar-refractivity contribution in [2.24, 2.45) is 4.99 Å². The number of hydrogen-bond acceptors (Lipinski definition) is 5. The lowest BCUT2D eigenvalue weighted by Gasteiger charge is -2.29. The van der Waals surface area contributed by atoms with Gasteiger partial charge in [-0.05, 0) is 25.7 Å². The van der Waals surface area contributed by atoms with E-state index in [-0.39, 0.29) is 23.7 Å². The number of amides is 1. The Morgan fingerprint density at radius 3 is 2.09 bits per heavy atom. The fourth-order valence-corrected chi connectivity index (χ4v) is 5.12. The van der Waals surface area contributed by atoms with E-state index >= 15 is 0 Å². The molecule has 1 aromatic rings. The molecule has 0 bridgehead atoms. The number of allylic oxidation sites excluding steroid dienone is 1. The van der Waals surface area contributed by atoms with Gasteiger partial charge < -0.3 is 4.74 Å². The van der Waals surface area contributed by atoms with Gasteiger partial charge in [-0.25, -0.2) is 4.99 Å². The molecule has 0 spiro atoms. The van der Waals surface area contributed by atoms with E-state index in [9.17, 15) is 14.4 Å². The van der Waals surface area contributed by atoms with Crippen molar-refractivity contribution in [1.29, 1.82) is 0 Å². The van der Waals surface area contributed by atoms with Gasteiger partial charge in [0, 0.05) is 11.6 Å². The maximum Gasteiger partial charge on any atom is 0.300 e. The Morgan fingerprint density at radius 1 is 0.912 bits per heavy atom. The average molecular weight is 526 g/mol. The topological polar surface area (TPSA) is 76.0 Å². The van der Waals surface area contributed by atoms with Crippen molar-refractivity contribution in [2.45, 2.75) is 80.1 Å². The molecule has 3 aliphatic rings. The molecule has 182 valence electrons. The smallest absolute Gasteiger partial charge is 0.300 e. The molecule has 2 saturated carbocycles. The molecule has 1 heterocycles. The quantitative estimate of drug-likeness (QED) is 0.157. The summed E-state index contributed by atoms with van der Waals surface area (Å²) in [6, 6.07) is 8.16. The van der Waals surface area contributed by atoms with Gasteiger partial charge in [-0.2, -0.15) is 0 Å². The van der Waals surface area contributed by atoms with Crippen molar-refractivity contribution in [1.82, 2.24) is 4.90 Å². The predicted molar refractivity (Wildman–Crippen MR) is 132 cm³/mol. The summed E-state index contributed by atoms with van der Waals surface area (Å²) in [6.07, 6.45) is 9.74. The second kappa shape index (κ2) is 10.8. The third kappa shape index (κ3) is 5.50. The monoisotopic (exact) mass is 524 g/mol. The van der Waals surface area contributed by atoms with E-state index in [1.54, 1.807) is 18.2 Å². The van der Waals surface area contributed by atoms with Crippen molar-refractivity contribution >= 4 is 58.3 Å². The molecule has 0 atom stereocenters. The van der Waals surface area contributed by atoms with Crippen LogP contribution in [-0.2, 0) is 14.3 Å². The van der Waals surface area contributed by atoms with Crippen LogP contribution in [0, 0.1) is 0 Å². The van der Waals surface area contributed by atoms with E-state index in [4.69, 9.17) is 44.5 Å². The van der Waals surface area contributed by atoms with E-state index in [2.05, 4.69) is 0 Å². The molecule has 0 unspecified atom stereocenters. The number of ketones is 2. The highest BCUT2D eigenvalue weighted by Gasteiger charge is 2.47. The average Bonchev–Trinajstić information content (AvgIpc) is 3.15. The first-order valence-electron chi connectivity index (χ1n) is 11.8. The summed E-state index contributed by atoms with van der Waals surface area (Å²) in [7, 11) is 0. The van der Waals surface area contributed by atoms with E-state index < -0.39 is 32.6 Å². The first-order chi connectivity index (χ1) is 16.3. The number of amidine groups is 1. The van der Waals surface area contributed by atoms with Crippen LogP contribution in [-0.4, -0.2) is 44.3 Å². The number of ether oxygens (including phenoxy) is 1. The number of nitrogens with zero attached hydrogens (tertiary/aromatic N) is 2. The number of carbonyl (C=O) groups is 3. The van der Waals surface area contributed by atoms with Crippen LogP contribution >= 0.6 is 34.8 Å². The zero-order valence-electron chi connectivity index (χ0n) is 18.8. The Morgan fingerprint density at radius 2 is 1.50 bits per heavy atom. The van der Waals surface area contributed by atoms with Crippen LogP contribution in [0.2, 0.25) is 0 Å². The molecule has 1 saturated heterocycles. The van der Waals surface area contributed by atoms with Crippen molar-refractivity contribution in [3.8, 4) is 0 Å². The molecule has 1 aliphatic heterocycles. The Bertz CT molecular complexity index is 1000. The molecular weight excluding hydrogens is 499 g/mol. The fraction of sp³-hybridized carbons (Fsp3) is 0.520. The Kier molecular flexibility index (Phi) is 8.01. The van der Waals surface area contributed by atoms with Crippen molar-refractivity contribution in [3.63, 3.8) is 0 Å². The van der Waals surface area contributed by atoms with Crippen LogP contribution in [0.3, 0.4) is 0 Å². The number of halogens is 3. The van der Waals surface area contributed by atoms with Crippen molar-refractivity contribution < 1.29 is 19.1 Å². The molecule has 1 amide bonds. The fourth-order valence-electron chi connectivity index (χ4n) is 4.84. The van der Waals surface area contributed by atoms with Crippen LogP contribution in [0.1, 0.15) is 74.6 Å². The van der Waals surface area contributed by atoms with Crippen molar-refractivity contribution in [3.05, 3.63) is 47.2 Å². The number of alkyl halides is 3. The normalized spacial score (nSPS) is 23.2. The lowest BCUT2D eigenvalue weighted by atomic mass is 9.94. The first kappa shape index (κ1) is 25.2. The molecule has 1 aromatic carbocycles. The number of carbonyl (C=O) groups excluding carboxylic acids is 3. The lowest BCUT2D eigenvalue weighted by molar-refractivity contribution is -0.125. The van der Waals surface area contributed by atoms with Gasteiger partial charge in [0.1, 0.15) is 5.57 Å². The highest BCUT2D eigenvalue weighted by atomic mass is 35.6. The number of benzene rings is 1. The Labute approximate surface area is 214 Å². The summed E-state index contributed by atoms with van der Waals surface area (Å²) in [6.45, 7) is 0. The maximum absolute atomic E-state index is 13.7. The zero-order valence-corrected chi connectivity index (χ0v) is 21.0. The van der Waals surface area contributed by atoms with E-state index in [0.717, 1.165) is 64.2 Å². The Hall–Kier alpha value is -1.89. The lowest BCUT2D eigenvalue weighted by Crippen LogP contribution is -2.42. The van der Waals surface area contributed by atoms with Gasteiger partial charge >= 0.3 is 6.02 Å². The molecule has 2 aliphatic carbocycles. The van der Waals surface area contributed by atoms with E-state index in [1.165, 1.54) is 17.0 Å². The number of hydrogen-bond donors (Lipinski definition) is 0. The minimum atomic E-state index is -2.44. The minimum absolute atomic E-state index is 0.0270. The molecule has 34 heavy (non-hydrogen) atoms. The summed E-state index contributed by atoms with van der Waals surface area (Å²) < 4.78 is 3.52. The van der Waals surface area contributed by atoms with Gasteiger partial charge in [0.25, 0.3) is 9.70 Å². The second-order valence-electron chi connectivity index (χ2n) is 9.00. The number of aliphatic imine (C=N–C) groups is 1. The SMILES string of the molecule is O=C(C(C(=O)C(Cl)(Cl)Cl)=C1OC(=NC2CCCCC2)N(C2CCCCC2)C1=O)c1ccccc1. The van der Waals surface area contributed by atoms with Gasteiger partial charge in [0.2, 0.25) is 17.3 Å².